The maximum atomic E-state index is 4.35. The maximum Gasteiger partial charge on any atom is 0.0539 e. The van der Waals surface area contributed by atoms with Crippen molar-refractivity contribution in [1.82, 2.24) is 9.78 Å². The average Bonchev–Trinajstić information content (AvgIpc) is 2.95. The van der Waals surface area contributed by atoms with Crippen LogP contribution in [0.3, 0.4) is 0 Å². The van der Waals surface area contributed by atoms with Crippen molar-refractivity contribution in [2.45, 2.75) is 59.0 Å². The van der Waals surface area contributed by atoms with E-state index in [1.165, 1.54) is 42.5 Å². The van der Waals surface area contributed by atoms with Crippen LogP contribution in [0.15, 0.2) is 36.7 Å². The Hall–Kier alpha value is -1.77. The lowest BCUT2D eigenvalue weighted by molar-refractivity contribution is 0.602. The van der Waals surface area contributed by atoms with Crippen LogP contribution in [-0.2, 0) is 19.5 Å². The monoisotopic (exact) mass is 285 g/mol. The second-order valence-corrected chi connectivity index (χ2v) is 5.62. The summed E-state index contributed by atoms with van der Waals surface area (Å²) in [7, 11) is 0. The zero-order chi connectivity index (χ0) is 14.9. The predicted molar refractivity (Wildman–Crippen MR) is 89.5 cm³/mol. The van der Waals surface area contributed by atoms with Crippen molar-refractivity contribution in [2.75, 3.05) is 5.32 Å². The smallest absolute Gasteiger partial charge is 0.0539 e. The van der Waals surface area contributed by atoms with E-state index in [-0.39, 0.29) is 0 Å². The Morgan fingerprint density at radius 2 is 1.81 bits per heavy atom. The summed E-state index contributed by atoms with van der Waals surface area (Å²) in [5, 5.41) is 7.81. The molecule has 1 aromatic carbocycles. The molecule has 0 aliphatic carbocycles. The lowest BCUT2D eigenvalue weighted by atomic mass is 10.1. The van der Waals surface area contributed by atoms with Gasteiger partial charge in [-0.05, 0) is 37.0 Å². The number of anilines is 1. The molecule has 2 aromatic rings. The van der Waals surface area contributed by atoms with Crippen molar-refractivity contribution >= 4 is 5.69 Å². The largest absolute Gasteiger partial charge is 0.381 e. The molecule has 0 saturated heterocycles. The molecule has 0 bridgehead atoms. The first kappa shape index (κ1) is 15.6. The molecule has 3 nitrogen and oxygen atoms in total. The molecule has 0 fully saturated rings. The van der Waals surface area contributed by atoms with E-state index >= 15 is 0 Å². The minimum atomic E-state index is 0.832. The molecule has 1 heterocycles. The number of nitrogens with zero attached hydrogens (tertiary/aromatic N) is 2. The molecule has 0 atom stereocenters. The van der Waals surface area contributed by atoms with E-state index in [4.69, 9.17) is 0 Å². The van der Waals surface area contributed by atoms with Crippen molar-refractivity contribution in [1.29, 1.82) is 0 Å². The van der Waals surface area contributed by atoms with E-state index in [2.05, 4.69) is 54.7 Å². The van der Waals surface area contributed by atoms with Crippen molar-refractivity contribution in [3.63, 3.8) is 0 Å². The number of benzene rings is 1. The fourth-order valence-electron chi connectivity index (χ4n) is 2.42. The zero-order valence-electron chi connectivity index (χ0n) is 13.3. The highest BCUT2D eigenvalue weighted by Crippen LogP contribution is 2.13. The Labute approximate surface area is 128 Å². The van der Waals surface area contributed by atoms with Gasteiger partial charge < -0.3 is 5.32 Å². The number of nitrogens with one attached hydrogen (secondary N) is 1. The first-order valence-electron chi connectivity index (χ1n) is 8.16. The van der Waals surface area contributed by atoms with Crippen LogP contribution in [0.4, 0.5) is 5.69 Å². The number of rotatable bonds is 9. The molecule has 0 saturated carbocycles. The third-order valence-electron chi connectivity index (χ3n) is 3.66. The van der Waals surface area contributed by atoms with Gasteiger partial charge in [0.15, 0.2) is 0 Å². The third kappa shape index (κ3) is 5.25. The van der Waals surface area contributed by atoms with Crippen LogP contribution in [-0.4, -0.2) is 9.78 Å². The van der Waals surface area contributed by atoms with Gasteiger partial charge in [0.2, 0.25) is 0 Å². The minimum Gasteiger partial charge on any atom is -0.381 e. The van der Waals surface area contributed by atoms with Crippen LogP contribution in [0.1, 0.15) is 50.7 Å². The molecule has 21 heavy (non-hydrogen) atoms. The molecule has 0 radical (unpaired) electrons. The lowest BCUT2D eigenvalue weighted by Crippen LogP contribution is -1.99. The topological polar surface area (TPSA) is 29.9 Å². The number of hydrogen-bond donors (Lipinski definition) is 1. The molecular weight excluding hydrogens is 258 g/mol. The SMILES string of the molecule is CCCCCc1ccc(NCc2cnn(CCC)c2)cc1. The van der Waals surface area contributed by atoms with Crippen LogP contribution in [0.2, 0.25) is 0 Å². The van der Waals surface area contributed by atoms with Gasteiger partial charge in [-0.15, -0.1) is 0 Å². The molecular formula is C18H27N3. The molecule has 0 spiro atoms. The normalized spacial score (nSPS) is 10.8. The summed E-state index contributed by atoms with van der Waals surface area (Å²) in [5.74, 6) is 0. The summed E-state index contributed by atoms with van der Waals surface area (Å²) < 4.78 is 2.01. The summed E-state index contributed by atoms with van der Waals surface area (Å²) in [6.45, 7) is 6.24. The summed E-state index contributed by atoms with van der Waals surface area (Å²) in [5.41, 5.74) is 3.85. The Kier molecular flexibility index (Phi) is 6.32. The Balaban J connectivity index is 1.79. The molecule has 114 valence electrons. The van der Waals surface area contributed by atoms with Crippen LogP contribution in [0, 0.1) is 0 Å². The third-order valence-corrected chi connectivity index (χ3v) is 3.66. The summed E-state index contributed by atoms with van der Waals surface area (Å²) in [6, 6.07) is 8.83. The molecule has 0 aliphatic rings. The quantitative estimate of drug-likeness (QED) is 0.680. The average molecular weight is 285 g/mol. The van der Waals surface area contributed by atoms with Crippen molar-refractivity contribution in [2.24, 2.45) is 0 Å². The first-order valence-corrected chi connectivity index (χ1v) is 8.16. The molecule has 2 rings (SSSR count). The number of aryl methyl sites for hydroxylation is 2. The summed E-state index contributed by atoms with van der Waals surface area (Å²) in [6.07, 6.45) is 10.3. The second kappa shape index (κ2) is 8.50. The Morgan fingerprint density at radius 3 is 2.52 bits per heavy atom. The maximum absolute atomic E-state index is 4.35. The van der Waals surface area contributed by atoms with E-state index in [0.717, 1.165) is 19.5 Å². The molecule has 0 unspecified atom stereocenters. The summed E-state index contributed by atoms with van der Waals surface area (Å²) in [4.78, 5) is 0. The van der Waals surface area contributed by atoms with E-state index in [1.54, 1.807) is 0 Å². The van der Waals surface area contributed by atoms with E-state index < -0.39 is 0 Å². The van der Waals surface area contributed by atoms with Gasteiger partial charge in [0.25, 0.3) is 0 Å². The van der Waals surface area contributed by atoms with Crippen LogP contribution in [0.25, 0.3) is 0 Å². The van der Waals surface area contributed by atoms with Crippen LogP contribution < -0.4 is 5.32 Å². The number of unbranched alkanes of at least 4 members (excludes halogenated alkanes) is 2. The fraction of sp³-hybridized carbons (Fsp3) is 0.500. The van der Waals surface area contributed by atoms with E-state index in [0.29, 0.717) is 0 Å². The molecule has 0 aliphatic heterocycles. The number of hydrogen-bond acceptors (Lipinski definition) is 2. The van der Waals surface area contributed by atoms with Gasteiger partial charge in [0.05, 0.1) is 6.20 Å². The molecule has 1 aromatic heterocycles. The standard InChI is InChI=1S/C18H27N3/c1-3-5-6-7-16-8-10-18(11-9-16)19-13-17-14-20-21(15-17)12-4-2/h8-11,14-15,19H,3-7,12-13H2,1-2H3. The minimum absolute atomic E-state index is 0.832. The highest BCUT2D eigenvalue weighted by atomic mass is 15.3. The molecule has 1 N–H and O–H groups in total. The Bertz CT molecular complexity index is 514. The Morgan fingerprint density at radius 1 is 1.00 bits per heavy atom. The van der Waals surface area contributed by atoms with E-state index in [1.807, 2.05) is 10.9 Å². The zero-order valence-corrected chi connectivity index (χ0v) is 13.3. The van der Waals surface area contributed by atoms with Crippen LogP contribution in [0.5, 0.6) is 0 Å². The van der Waals surface area contributed by atoms with Crippen molar-refractivity contribution < 1.29 is 0 Å². The van der Waals surface area contributed by atoms with Gasteiger partial charge in [0.1, 0.15) is 0 Å². The number of aromatic nitrogens is 2. The molecule has 0 amide bonds. The second-order valence-electron chi connectivity index (χ2n) is 5.62. The van der Waals surface area contributed by atoms with Gasteiger partial charge in [-0.2, -0.15) is 5.10 Å². The highest BCUT2D eigenvalue weighted by Gasteiger charge is 1.99. The predicted octanol–water partition coefficient (Wildman–Crippen LogP) is 4.64. The van der Waals surface area contributed by atoms with Crippen LogP contribution >= 0.6 is 0 Å². The van der Waals surface area contributed by atoms with Crippen molar-refractivity contribution in [3.8, 4) is 0 Å². The van der Waals surface area contributed by atoms with E-state index in [9.17, 15) is 0 Å². The lowest BCUT2D eigenvalue weighted by Gasteiger charge is -2.06. The van der Waals surface area contributed by atoms with Gasteiger partial charge >= 0.3 is 0 Å². The first-order chi connectivity index (χ1) is 10.3. The summed E-state index contributed by atoms with van der Waals surface area (Å²) >= 11 is 0. The van der Waals surface area contributed by atoms with Gasteiger partial charge in [-0.3, -0.25) is 4.68 Å². The van der Waals surface area contributed by atoms with Gasteiger partial charge in [0, 0.05) is 30.5 Å². The van der Waals surface area contributed by atoms with Crippen molar-refractivity contribution in [3.05, 3.63) is 47.8 Å². The molecule has 3 heteroatoms. The van der Waals surface area contributed by atoms with Gasteiger partial charge in [-0.1, -0.05) is 38.8 Å². The highest BCUT2D eigenvalue weighted by molar-refractivity contribution is 5.45. The fourth-order valence-corrected chi connectivity index (χ4v) is 2.42. The van der Waals surface area contributed by atoms with Gasteiger partial charge in [-0.25, -0.2) is 0 Å².